The lowest BCUT2D eigenvalue weighted by Crippen LogP contribution is -2.12. The van der Waals surface area contributed by atoms with Gasteiger partial charge >= 0.3 is 0 Å². The molecule has 7 heteroatoms. The fourth-order valence-electron chi connectivity index (χ4n) is 1.64. The molecule has 1 amide bonds. The Balaban J connectivity index is 2.24. The van der Waals surface area contributed by atoms with E-state index >= 15 is 0 Å². The van der Waals surface area contributed by atoms with Crippen LogP contribution in [-0.4, -0.2) is 13.0 Å². The van der Waals surface area contributed by atoms with Gasteiger partial charge in [-0.3, -0.25) is 4.79 Å². The SMILES string of the molecule is COc1ccc(C(=O)Nc2cc(Cl)c(F)c(Cl)c2)cc1Br. The van der Waals surface area contributed by atoms with E-state index in [1.165, 1.54) is 19.2 Å². The van der Waals surface area contributed by atoms with Gasteiger partial charge in [-0.1, -0.05) is 23.2 Å². The third-order valence-electron chi connectivity index (χ3n) is 2.66. The monoisotopic (exact) mass is 391 g/mol. The minimum Gasteiger partial charge on any atom is -0.496 e. The third-order valence-corrected chi connectivity index (χ3v) is 3.83. The third kappa shape index (κ3) is 3.67. The average molecular weight is 393 g/mol. The van der Waals surface area contributed by atoms with Crippen molar-refractivity contribution in [2.24, 2.45) is 0 Å². The van der Waals surface area contributed by atoms with Gasteiger partial charge in [0.15, 0.2) is 5.82 Å². The van der Waals surface area contributed by atoms with Crippen LogP contribution >= 0.6 is 39.1 Å². The second-order valence-electron chi connectivity index (χ2n) is 4.06. The van der Waals surface area contributed by atoms with E-state index in [0.29, 0.717) is 21.5 Å². The molecule has 1 N–H and O–H groups in total. The molecule has 0 aliphatic heterocycles. The Labute approximate surface area is 139 Å². The molecule has 0 radical (unpaired) electrons. The van der Waals surface area contributed by atoms with Crippen LogP contribution in [0.15, 0.2) is 34.8 Å². The molecule has 0 fully saturated rings. The van der Waals surface area contributed by atoms with Crippen molar-refractivity contribution < 1.29 is 13.9 Å². The summed E-state index contributed by atoms with van der Waals surface area (Å²) in [6, 6.07) is 7.45. The first-order valence-corrected chi connectivity index (χ1v) is 7.26. The zero-order chi connectivity index (χ0) is 15.6. The number of hydrogen-bond donors (Lipinski definition) is 1. The van der Waals surface area contributed by atoms with Crippen molar-refractivity contribution in [2.75, 3.05) is 12.4 Å². The van der Waals surface area contributed by atoms with Crippen LogP contribution in [0.4, 0.5) is 10.1 Å². The minimum absolute atomic E-state index is 0.159. The number of halogens is 4. The van der Waals surface area contributed by atoms with E-state index in [1.54, 1.807) is 18.2 Å². The van der Waals surface area contributed by atoms with Crippen LogP contribution in [0.1, 0.15) is 10.4 Å². The van der Waals surface area contributed by atoms with Crippen LogP contribution in [0, 0.1) is 5.82 Å². The van der Waals surface area contributed by atoms with E-state index < -0.39 is 5.82 Å². The highest BCUT2D eigenvalue weighted by Gasteiger charge is 2.12. The van der Waals surface area contributed by atoms with Crippen LogP contribution in [-0.2, 0) is 0 Å². The number of carbonyl (C=O) groups is 1. The molecule has 2 rings (SSSR count). The predicted octanol–water partition coefficient (Wildman–Crippen LogP) is 5.16. The Bertz CT molecular complexity index is 686. The van der Waals surface area contributed by atoms with Gasteiger partial charge in [0.1, 0.15) is 5.75 Å². The van der Waals surface area contributed by atoms with Crippen molar-refractivity contribution in [1.82, 2.24) is 0 Å². The van der Waals surface area contributed by atoms with Crippen molar-refractivity contribution in [3.05, 3.63) is 56.2 Å². The molecular formula is C14H9BrCl2FNO2. The molecule has 0 bridgehead atoms. The fraction of sp³-hybridized carbons (Fsp3) is 0.0714. The number of hydrogen-bond acceptors (Lipinski definition) is 2. The van der Waals surface area contributed by atoms with Gasteiger partial charge in [-0.2, -0.15) is 0 Å². The summed E-state index contributed by atoms with van der Waals surface area (Å²) in [4.78, 5) is 12.1. The number of carbonyl (C=O) groups excluding carboxylic acids is 1. The number of ether oxygens (including phenoxy) is 1. The molecule has 3 nitrogen and oxygen atoms in total. The molecule has 0 saturated carbocycles. The molecule has 0 spiro atoms. The smallest absolute Gasteiger partial charge is 0.255 e. The number of nitrogens with one attached hydrogen (secondary N) is 1. The van der Waals surface area contributed by atoms with Crippen molar-refractivity contribution in [3.63, 3.8) is 0 Å². The standard InChI is InChI=1S/C14H9BrCl2FNO2/c1-21-12-3-2-7(4-9(12)15)14(20)19-8-5-10(16)13(18)11(17)6-8/h2-6H,1H3,(H,19,20). The van der Waals surface area contributed by atoms with Crippen molar-refractivity contribution in [1.29, 1.82) is 0 Å². The topological polar surface area (TPSA) is 38.3 Å². The van der Waals surface area contributed by atoms with Gasteiger partial charge in [-0.25, -0.2) is 4.39 Å². The lowest BCUT2D eigenvalue weighted by Gasteiger charge is -2.09. The lowest BCUT2D eigenvalue weighted by atomic mass is 10.2. The van der Waals surface area contributed by atoms with E-state index in [0.717, 1.165) is 0 Å². The molecule has 2 aromatic rings. The molecule has 0 atom stereocenters. The highest BCUT2D eigenvalue weighted by atomic mass is 79.9. The maximum Gasteiger partial charge on any atom is 0.255 e. The van der Waals surface area contributed by atoms with Crippen molar-refractivity contribution in [3.8, 4) is 5.75 Å². The second kappa shape index (κ2) is 6.64. The number of methoxy groups -OCH3 is 1. The summed E-state index contributed by atoms with van der Waals surface area (Å²) in [6.45, 7) is 0. The van der Waals surface area contributed by atoms with Crippen LogP contribution in [0.2, 0.25) is 10.0 Å². The van der Waals surface area contributed by atoms with Crippen LogP contribution < -0.4 is 10.1 Å². The normalized spacial score (nSPS) is 10.3. The Morgan fingerprint density at radius 2 is 1.86 bits per heavy atom. The summed E-state index contributed by atoms with van der Waals surface area (Å²) in [7, 11) is 1.53. The number of anilines is 1. The highest BCUT2D eigenvalue weighted by molar-refractivity contribution is 9.10. The molecular weight excluding hydrogens is 384 g/mol. The molecule has 110 valence electrons. The van der Waals surface area contributed by atoms with Crippen LogP contribution in [0.3, 0.4) is 0 Å². The van der Waals surface area contributed by atoms with Gasteiger partial charge < -0.3 is 10.1 Å². The number of rotatable bonds is 3. The molecule has 0 aliphatic rings. The van der Waals surface area contributed by atoms with E-state index in [4.69, 9.17) is 27.9 Å². The van der Waals surface area contributed by atoms with Gasteiger partial charge in [0, 0.05) is 11.3 Å². The molecule has 2 aromatic carbocycles. The summed E-state index contributed by atoms with van der Waals surface area (Å²) >= 11 is 14.7. The van der Waals surface area contributed by atoms with E-state index in [-0.39, 0.29) is 16.0 Å². The molecule has 0 heterocycles. The highest BCUT2D eigenvalue weighted by Crippen LogP contribution is 2.29. The fourth-order valence-corrected chi connectivity index (χ4v) is 2.67. The van der Waals surface area contributed by atoms with Gasteiger partial charge in [0.2, 0.25) is 0 Å². The van der Waals surface area contributed by atoms with Crippen LogP contribution in [0.5, 0.6) is 5.75 Å². The van der Waals surface area contributed by atoms with Gasteiger partial charge in [-0.15, -0.1) is 0 Å². The van der Waals surface area contributed by atoms with Crippen molar-refractivity contribution in [2.45, 2.75) is 0 Å². The molecule has 0 aromatic heterocycles. The Hall–Kier alpha value is -1.30. The maximum absolute atomic E-state index is 13.3. The maximum atomic E-state index is 13.3. The Kier molecular flexibility index (Phi) is 5.08. The Morgan fingerprint density at radius 3 is 2.38 bits per heavy atom. The first-order chi connectivity index (χ1) is 9.92. The lowest BCUT2D eigenvalue weighted by molar-refractivity contribution is 0.102. The predicted molar refractivity (Wildman–Crippen MR) is 85.1 cm³/mol. The van der Waals surface area contributed by atoms with Gasteiger partial charge in [0.05, 0.1) is 21.6 Å². The Morgan fingerprint density at radius 1 is 1.24 bits per heavy atom. The largest absolute Gasteiger partial charge is 0.496 e. The minimum atomic E-state index is -0.719. The summed E-state index contributed by atoms with van der Waals surface area (Å²) in [6.07, 6.45) is 0. The van der Waals surface area contributed by atoms with E-state index in [1.807, 2.05) is 0 Å². The first kappa shape index (κ1) is 16.1. The zero-order valence-corrected chi connectivity index (χ0v) is 13.8. The molecule has 0 aliphatic carbocycles. The van der Waals surface area contributed by atoms with Crippen LogP contribution in [0.25, 0.3) is 0 Å². The summed E-state index contributed by atoms with van der Waals surface area (Å²) in [5, 5.41) is 2.28. The van der Waals surface area contributed by atoms with E-state index in [9.17, 15) is 9.18 Å². The van der Waals surface area contributed by atoms with E-state index in [2.05, 4.69) is 21.2 Å². The average Bonchev–Trinajstić information content (AvgIpc) is 2.44. The first-order valence-electron chi connectivity index (χ1n) is 5.72. The summed E-state index contributed by atoms with van der Waals surface area (Å²) in [5.41, 5.74) is 0.711. The second-order valence-corrected chi connectivity index (χ2v) is 5.73. The molecule has 0 saturated heterocycles. The quantitative estimate of drug-likeness (QED) is 0.733. The zero-order valence-electron chi connectivity index (χ0n) is 10.7. The number of amides is 1. The molecule has 0 unspecified atom stereocenters. The van der Waals surface area contributed by atoms with Crippen molar-refractivity contribution >= 4 is 50.7 Å². The van der Waals surface area contributed by atoms with Gasteiger partial charge in [0.25, 0.3) is 5.91 Å². The summed E-state index contributed by atoms with van der Waals surface area (Å²) < 4.78 is 19.0. The van der Waals surface area contributed by atoms with Gasteiger partial charge in [-0.05, 0) is 46.3 Å². The number of benzene rings is 2. The summed E-state index contributed by atoms with van der Waals surface area (Å²) in [5.74, 6) is -0.486. The molecule has 21 heavy (non-hydrogen) atoms.